The van der Waals surface area contributed by atoms with Crippen molar-refractivity contribution in [3.63, 3.8) is 0 Å². The third kappa shape index (κ3) is 5.80. The van der Waals surface area contributed by atoms with Gasteiger partial charge < -0.3 is 14.6 Å². The molecule has 1 aromatic carbocycles. The van der Waals surface area contributed by atoms with Crippen LogP contribution < -0.4 is 0 Å². The summed E-state index contributed by atoms with van der Waals surface area (Å²) in [5.74, 6) is 2.47. The van der Waals surface area contributed by atoms with E-state index < -0.39 is 11.4 Å². The average molecular weight is 487 g/mol. The molecule has 0 unspecified atom stereocenters. The lowest BCUT2D eigenvalue weighted by Gasteiger charge is -2.41. The van der Waals surface area contributed by atoms with E-state index in [0.717, 1.165) is 23.3 Å². The van der Waals surface area contributed by atoms with Crippen molar-refractivity contribution in [1.29, 1.82) is 0 Å². The smallest absolute Gasteiger partial charge is 0.168 e. The molecule has 4 heteroatoms. The first-order valence-corrected chi connectivity index (χ1v) is 14.8. The van der Waals surface area contributed by atoms with Crippen molar-refractivity contribution in [2.24, 2.45) is 17.8 Å². The Morgan fingerprint density at radius 1 is 0.857 bits per heavy atom. The summed E-state index contributed by atoms with van der Waals surface area (Å²) in [5, 5.41) is 11.3. The van der Waals surface area contributed by atoms with Crippen LogP contribution >= 0.6 is 0 Å². The van der Waals surface area contributed by atoms with E-state index in [1.54, 1.807) is 6.07 Å². The molecule has 3 saturated carbocycles. The van der Waals surface area contributed by atoms with E-state index in [9.17, 15) is 5.11 Å². The first-order valence-electron chi connectivity index (χ1n) is 14.8. The number of hydrogen-bond acceptors (Lipinski definition) is 3. The molecule has 4 fully saturated rings. The third-order valence-corrected chi connectivity index (χ3v) is 10.2. The van der Waals surface area contributed by atoms with Gasteiger partial charge in [-0.1, -0.05) is 57.6 Å². The number of hydrogen-bond donors (Lipinski definition) is 1. The van der Waals surface area contributed by atoms with Gasteiger partial charge in [-0.15, -0.1) is 0 Å². The van der Waals surface area contributed by atoms with E-state index in [0.29, 0.717) is 50.4 Å². The predicted molar refractivity (Wildman–Crippen MR) is 138 cm³/mol. The minimum absolute atomic E-state index is 0.238. The molecule has 0 bridgehead atoms. The van der Waals surface area contributed by atoms with E-state index in [-0.39, 0.29) is 5.82 Å². The van der Waals surface area contributed by atoms with Crippen molar-refractivity contribution in [2.75, 3.05) is 13.2 Å². The Bertz CT molecular complexity index is 807. The molecule has 1 N–H and O–H groups in total. The summed E-state index contributed by atoms with van der Waals surface area (Å²) in [4.78, 5) is 0. The Morgan fingerprint density at radius 2 is 1.49 bits per heavy atom. The largest absolute Gasteiger partial charge is 0.385 e. The van der Waals surface area contributed by atoms with Gasteiger partial charge >= 0.3 is 0 Å². The van der Waals surface area contributed by atoms with Crippen LogP contribution in [0.1, 0.15) is 127 Å². The number of rotatable bonds is 7. The molecule has 0 radical (unpaired) electrons. The fraction of sp³-hybridized carbons (Fsp3) is 0.806. The number of ether oxygens (including phenoxy) is 2. The standard InChI is InChI=1S/C31H47FO3/c1-2-3-4-5-23-6-8-24(9-7-23)25-10-12-26(13-11-25)27-14-15-28(29(32)22-27)30(33)16-18-31(19-17-30)34-20-21-35-31/h14-15,22-26,33H,2-13,16-21H2,1H3. The van der Waals surface area contributed by atoms with Crippen LogP contribution in [0.15, 0.2) is 18.2 Å². The number of aliphatic hydroxyl groups is 1. The average Bonchev–Trinajstić information content (AvgIpc) is 3.35. The highest BCUT2D eigenvalue weighted by molar-refractivity contribution is 5.32. The molecule has 1 aromatic rings. The van der Waals surface area contributed by atoms with E-state index in [1.807, 2.05) is 6.07 Å². The first-order chi connectivity index (χ1) is 17.0. The zero-order valence-corrected chi connectivity index (χ0v) is 21.9. The zero-order chi connectivity index (χ0) is 24.3. The van der Waals surface area contributed by atoms with Crippen LogP contribution in [0.3, 0.4) is 0 Å². The Hall–Kier alpha value is -0.970. The lowest BCUT2D eigenvalue weighted by atomic mass is 9.68. The summed E-state index contributed by atoms with van der Waals surface area (Å²) >= 11 is 0. The van der Waals surface area contributed by atoms with Crippen molar-refractivity contribution in [3.05, 3.63) is 35.1 Å². The molecule has 0 atom stereocenters. The maximum atomic E-state index is 15.3. The van der Waals surface area contributed by atoms with E-state index in [2.05, 4.69) is 13.0 Å². The number of halogens is 1. The molecule has 3 aliphatic carbocycles. The molecule has 1 heterocycles. The molecule has 0 aromatic heterocycles. The Balaban J connectivity index is 1.12. The fourth-order valence-electron chi connectivity index (χ4n) is 7.82. The van der Waals surface area contributed by atoms with Gasteiger partial charge in [-0.3, -0.25) is 0 Å². The van der Waals surface area contributed by atoms with Crippen molar-refractivity contribution in [1.82, 2.24) is 0 Å². The van der Waals surface area contributed by atoms with Gasteiger partial charge in [0.2, 0.25) is 0 Å². The van der Waals surface area contributed by atoms with Crippen LogP contribution in [0, 0.1) is 23.6 Å². The minimum Gasteiger partial charge on any atom is -0.385 e. The summed E-state index contributed by atoms with van der Waals surface area (Å²) in [7, 11) is 0. The first kappa shape index (κ1) is 25.7. The molecule has 196 valence electrons. The van der Waals surface area contributed by atoms with E-state index in [4.69, 9.17) is 9.47 Å². The molecular formula is C31H47FO3. The molecular weight excluding hydrogens is 439 g/mol. The molecule has 1 spiro atoms. The fourth-order valence-corrected chi connectivity index (χ4v) is 7.82. The van der Waals surface area contributed by atoms with Crippen molar-refractivity contribution < 1.29 is 19.0 Å². The quantitative estimate of drug-likeness (QED) is 0.397. The van der Waals surface area contributed by atoms with Gasteiger partial charge in [0.1, 0.15) is 5.82 Å². The summed E-state index contributed by atoms with van der Waals surface area (Å²) in [6, 6.07) is 5.69. The van der Waals surface area contributed by atoms with Gasteiger partial charge in [-0.05, 0) is 86.7 Å². The maximum Gasteiger partial charge on any atom is 0.168 e. The second kappa shape index (κ2) is 11.2. The lowest BCUT2D eigenvalue weighted by Crippen LogP contribution is -2.42. The number of unbranched alkanes of at least 4 members (excludes halogenated alkanes) is 2. The second-order valence-electron chi connectivity index (χ2n) is 12.3. The van der Waals surface area contributed by atoms with Crippen LogP contribution in [0.2, 0.25) is 0 Å². The molecule has 35 heavy (non-hydrogen) atoms. The molecule has 4 aliphatic rings. The summed E-state index contributed by atoms with van der Waals surface area (Å²) < 4.78 is 26.9. The molecule has 1 aliphatic heterocycles. The highest BCUT2D eigenvalue weighted by Gasteiger charge is 2.47. The van der Waals surface area contributed by atoms with E-state index >= 15 is 4.39 Å². The lowest BCUT2D eigenvalue weighted by molar-refractivity contribution is -0.204. The van der Waals surface area contributed by atoms with E-state index in [1.165, 1.54) is 77.0 Å². The normalized spacial score (nSPS) is 32.7. The van der Waals surface area contributed by atoms with Crippen molar-refractivity contribution in [3.8, 4) is 0 Å². The van der Waals surface area contributed by atoms with Gasteiger partial charge in [-0.2, -0.15) is 0 Å². The van der Waals surface area contributed by atoms with Crippen LogP contribution in [-0.4, -0.2) is 24.1 Å². The van der Waals surface area contributed by atoms with Gasteiger partial charge in [0, 0.05) is 18.4 Å². The zero-order valence-electron chi connectivity index (χ0n) is 21.9. The minimum atomic E-state index is -1.11. The molecule has 1 saturated heterocycles. The Labute approximate surface area is 212 Å². The van der Waals surface area contributed by atoms with Crippen LogP contribution in [0.4, 0.5) is 4.39 Å². The molecule has 0 amide bonds. The monoisotopic (exact) mass is 486 g/mol. The van der Waals surface area contributed by atoms with Crippen molar-refractivity contribution in [2.45, 2.75) is 127 Å². The van der Waals surface area contributed by atoms with Gasteiger partial charge in [0.05, 0.1) is 18.8 Å². The van der Waals surface area contributed by atoms with Crippen LogP contribution in [0.5, 0.6) is 0 Å². The topological polar surface area (TPSA) is 38.7 Å². The summed E-state index contributed by atoms with van der Waals surface area (Å²) in [5.41, 5.74) is 0.470. The molecule has 3 nitrogen and oxygen atoms in total. The van der Waals surface area contributed by atoms with Gasteiger partial charge in [0.15, 0.2) is 5.79 Å². The predicted octanol–water partition coefficient (Wildman–Crippen LogP) is 7.99. The summed E-state index contributed by atoms with van der Waals surface area (Å²) in [6.45, 7) is 3.53. The van der Waals surface area contributed by atoms with Crippen LogP contribution in [0.25, 0.3) is 0 Å². The molecule has 5 rings (SSSR count). The van der Waals surface area contributed by atoms with Crippen LogP contribution in [-0.2, 0) is 15.1 Å². The van der Waals surface area contributed by atoms with Gasteiger partial charge in [0.25, 0.3) is 0 Å². The SMILES string of the molecule is CCCCCC1CCC(C2CCC(c3ccc(C4(O)CCC5(CC4)OCCO5)c(F)c3)CC2)CC1. The second-order valence-corrected chi connectivity index (χ2v) is 12.3. The maximum absolute atomic E-state index is 15.3. The summed E-state index contributed by atoms with van der Waals surface area (Å²) in [6.07, 6.45) is 18.5. The van der Waals surface area contributed by atoms with Crippen molar-refractivity contribution >= 4 is 0 Å². The highest BCUT2D eigenvalue weighted by Crippen LogP contribution is 2.47. The Kier molecular flexibility index (Phi) is 8.21. The number of benzene rings is 1. The highest BCUT2D eigenvalue weighted by atomic mass is 19.1. The van der Waals surface area contributed by atoms with Gasteiger partial charge in [-0.25, -0.2) is 4.39 Å². The Morgan fingerprint density at radius 3 is 2.09 bits per heavy atom. The third-order valence-electron chi connectivity index (χ3n) is 10.2.